The fourth-order valence-electron chi connectivity index (χ4n) is 2.01. The van der Waals surface area contributed by atoms with E-state index in [4.69, 9.17) is 0 Å². The lowest BCUT2D eigenvalue weighted by atomic mass is 10.1. The van der Waals surface area contributed by atoms with E-state index in [9.17, 15) is 5.26 Å². The van der Waals surface area contributed by atoms with Crippen LogP contribution in [0.3, 0.4) is 0 Å². The standard InChI is InChI=1S/C17H11N3/c18-11-15(10-13-4-3-9-19-12-13)17-8-7-14-5-1-2-6-16(14)20-17/h1-10,12H/b15-10-. The van der Waals surface area contributed by atoms with Gasteiger partial charge in [-0.25, -0.2) is 4.98 Å². The molecule has 3 rings (SSSR count). The normalized spacial score (nSPS) is 11.2. The van der Waals surface area contributed by atoms with Gasteiger partial charge in [0, 0.05) is 17.8 Å². The van der Waals surface area contributed by atoms with E-state index in [1.807, 2.05) is 48.5 Å². The number of nitrogens with zero attached hydrogens (tertiary/aromatic N) is 3. The van der Waals surface area contributed by atoms with Gasteiger partial charge in [-0.2, -0.15) is 5.26 Å². The summed E-state index contributed by atoms with van der Waals surface area (Å²) >= 11 is 0. The monoisotopic (exact) mass is 257 g/mol. The highest BCUT2D eigenvalue weighted by atomic mass is 14.7. The van der Waals surface area contributed by atoms with Crippen molar-refractivity contribution in [1.82, 2.24) is 9.97 Å². The highest BCUT2D eigenvalue weighted by Gasteiger charge is 2.04. The zero-order chi connectivity index (χ0) is 13.8. The van der Waals surface area contributed by atoms with E-state index in [0.29, 0.717) is 11.3 Å². The number of fused-ring (bicyclic) bond motifs is 1. The molecule has 0 spiro atoms. The van der Waals surface area contributed by atoms with Gasteiger partial charge in [-0.15, -0.1) is 0 Å². The highest BCUT2D eigenvalue weighted by Crippen LogP contribution is 2.19. The van der Waals surface area contributed by atoms with Gasteiger partial charge in [-0.1, -0.05) is 30.3 Å². The molecule has 0 aliphatic carbocycles. The molecule has 2 aromatic heterocycles. The number of aromatic nitrogens is 2. The largest absolute Gasteiger partial charge is 0.264 e. The highest BCUT2D eigenvalue weighted by molar-refractivity contribution is 5.90. The van der Waals surface area contributed by atoms with E-state index in [2.05, 4.69) is 16.0 Å². The third-order valence-corrected chi connectivity index (χ3v) is 2.99. The Balaban J connectivity index is 2.08. The predicted octanol–water partition coefficient (Wildman–Crippen LogP) is 3.69. The van der Waals surface area contributed by atoms with Crippen molar-refractivity contribution >= 4 is 22.6 Å². The lowest BCUT2D eigenvalue weighted by molar-refractivity contribution is 1.31. The summed E-state index contributed by atoms with van der Waals surface area (Å²) in [7, 11) is 0. The number of allylic oxidation sites excluding steroid dienone is 1. The Labute approximate surface area is 116 Å². The molecular weight excluding hydrogens is 246 g/mol. The number of nitriles is 1. The topological polar surface area (TPSA) is 49.6 Å². The average molecular weight is 257 g/mol. The first-order chi connectivity index (χ1) is 9.86. The van der Waals surface area contributed by atoms with Crippen LogP contribution in [-0.2, 0) is 0 Å². The Morgan fingerprint density at radius 3 is 2.75 bits per heavy atom. The Hall–Kier alpha value is -2.99. The minimum Gasteiger partial charge on any atom is -0.264 e. The van der Waals surface area contributed by atoms with Crippen molar-refractivity contribution in [2.24, 2.45) is 0 Å². The van der Waals surface area contributed by atoms with Crippen LogP contribution in [0.4, 0.5) is 0 Å². The second-order valence-electron chi connectivity index (χ2n) is 4.35. The molecule has 0 saturated heterocycles. The third-order valence-electron chi connectivity index (χ3n) is 2.99. The first-order valence-corrected chi connectivity index (χ1v) is 6.25. The summed E-state index contributed by atoms with van der Waals surface area (Å²) in [5.41, 5.74) is 2.98. The molecule has 0 amide bonds. The molecule has 0 N–H and O–H groups in total. The first-order valence-electron chi connectivity index (χ1n) is 6.25. The molecule has 0 fully saturated rings. The van der Waals surface area contributed by atoms with E-state index in [-0.39, 0.29) is 0 Å². The lowest BCUT2D eigenvalue weighted by Crippen LogP contribution is -1.89. The summed E-state index contributed by atoms with van der Waals surface area (Å²) in [6.45, 7) is 0. The van der Waals surface area contributed by atoms with Gasteiger partial charge in [0.05, 0.1) is 16.8 Å². The van der Waals surface area contributed by atoms with Crippen LogP contribution in [0, 0.1) is 11.3 Å². The van der Waals surface area contributed by atoms with Crippen LogP contribution in [0.25, 0.3) is 22.6 Å². The number of para-hydroxylation sites is 1. The molecule has 0 unspecified atom stereocenters. The van der Waals surface area contributed by atoms with E-state index in [0.717, 1.165) is 16.5 Å². The van der Waals surface area contributed by atoms with Gasteiger partial charge in [-0.05, 0) is 29.8 Å². The fraction of sp³-hybridized carbons (Fsp3) is 0. The summed E-state index contributed by atoms with van der Waals surface area (Å²) in [5, 5.41) is 10.4. The van der Waals surface area contributed by atoms with Gasteiger partial charge >= 0.3 is 0 Å². The molecule has 1 aromatic carbocycles. The molecule has 20 heavy (non-hydrogen) atoms. The predicted molar refractivity (Wildman–Crippen MR) is 79.5 cm³/mol. The van der Waals surface area contributed by atoms with E-state index < -0.39 is 0 Å². The van der Waals surface area contributed by atoms with Crippen molar-refractivity contribution < 1.29 is 0 Å². The quantitative estimate of drug-likeness (QED) is 0.658. The summed E-state index contributed by atoms with van der Waals surface area (Å²) < 4.78 is 0. The van der Waals surface area contributed by atoms with Gasteiger partial charge < -0.3 is 0 Å². The summed E-state index contributed by atoms with van der Waals surface area (Å²) in [6.07, 6.45) is 5.22. The van der Waals surface area contributed by atoms with Crippen molar-refractivity contribution in [3.63, 3.8) is 0 Å². The van der Waals surface area contributed by atoms with Gasteiger partial charge in [0.15, 0.2) is 0 Å². The van der Waals surface area contributed by atoms with Gasteiger partial charge in [0.1, 0.15) is 6.07 Å². The summed E-state index contributed by atoms with van der Waals surface area (Å²) in [5.74, 6) is 0. The molecule has 3 nitrogen and oxygen atoms in total. The Bertz CT molecular complexity index is 814. The van der Waals surface area contributed by atoms with Crippen LogP contribution in [0.1, 0.15) is 11.3 Å². The Morgan fingerprint density at radius 1 is 1.05 bits per heavy atom. The van der Waals surface area contributed by atoms with Crippen molar-refractivity contribution in [2.75, 3.05) is 0 Å². The maximum absolute atomic E-state index is 9.33. The average Bonchev–Trinajstić information content (AvgIpc) is 2.53. The van der Waals surface area contributed by atoms with E-state index >= 15 is 0 Å². The maximum atomic E-state index is 9.33. The molecule has 0 atom stereocenters. The lowest BCUT2D eigenvalue weighted by Gasteiger charge is -2.02. The van der Waals surface area contributed by atoms with Crippen molar-refractivity contribution in [3.8, 4) is 6.07 Å². The molecule has 3 heteroatoms. The number of pyridine rings is 2. The molecular formula is C17H11N3. The number of benzene rings is 1. The third kappa shape index (κ3) is 2.40. The maximum Gasteiger partial charge on any atom is 0.101 e. The second-order valence-corrected chi connectivity index (χ2v) is 4.35. The molecule has 2 heterocycles. The van der Waals surface area contributed by atoms with Gasteiger partial charge in [0.2, 0.25) is 0 Å². The smallest absolute Gasteiger partial charge is 0.101 e. The summed E-state index contributed by atoms with van der Waals surface area (Å²) in [6, 6.07) is 17.7. The second kappa shape index (κ2) is 5.33. The molecule has 94 valence electrons. The molecule has 0 saturated carbocycles. The van der Waals surface area contributed by atoms with Crippen molar-refractivity contribution in [1.29, 1.82) is 5.26 Å². The van der Waals surface area contributed by atoms with Crippen LogP contribution < -0.4 is 0 Å². The summed E-state index contributed by atoms with van der Waals surface area (Å²) in [4.78, 5) is 8.57. The fourth-order valence-corrected chi connectivity index (χ4v) is 2.01. The molecule has 0 radical (unpaired) electrons. The van der Waals surface area contributed by atoms with Crippen LogP contribution >= 0.6 is 0 Å². The minimum atomic E-state index is 0.531. The number of rotatable bonds is 2. The SMILES string of the molecule is N#C/C(=C/c1cccnc1)c1ccc2ccccc2n1. The zero-order valence-corrected chi connectivity index (χ0v) is 10.7. The van der Waals surface area contributed by atoms with Gasteiger partial charge in [0.25, 0.3) is 0 Å². The Kier molecular flexibility index (Phi) is 3.22. The zero-order valence-electron chi connectivity index (χ0n) is 10.7. The Morgan fingerprint density at radius 2 is 1.95 bits per heavy atom. The molecule has 0 aliphatic heterocycles. The molecule has 0 aliphatic rings. The van der Waals surface area contributed by atoms with E-state index in [1.165, 1.54) is 0 Å². The number of hydrogen-bond acceptors (Lipinski definition) is 3. The first kappa shape index (κ1) is 12.1. The number of hydrogen-bond donors (Lipinski definition) is 0. The van der Waals surface area contributed by atoms with Crippen molar-refractivity contribution in [2.45, 2.75) is 0 Å². The van der Waals surface area contributed by atoms with Crippen LogP contribution in [0.15, 0.2) is 60.9 Å². The van der Waals surface area contributed by atoms with Crippen LogP contribution in [-0.4, -0.2) is 9.97 Å². The van der Waals surface area contributed by atoms with Gasteiger partial charge in [-0.3, -0.25) is 4.98 Å². The molecule has 3 aromatic rings. The van der Waals surface area contributed by atoms with Crippen LogP contribution in [0.2, 0.25) is 0 Å². The van der Waals surface area contributed by atoms with Crippen molar-refractivity contribution in [3.05, 3.63) is 72.2 Å². The molecule has 0 bridgehead atoms. The van der Waals surface area contributed by atoms with E-state index in [1.54, 1.807) is 18.5 Å². The van der Waals surface area contributed by atoms with Crippen LogP contribution in [0.5, 0.6) is 0 Å². The minimum absolute atomic E-state index is 0.531.